The van der Waals surface area contributed by atoms with Gasteiger partial charge in [-0.1, -0.05) is 0 Å². The van der Waals surface area contributed by atoms with Crippen LogP contribution in [0.2, 0.25) is 13.1 Å². The van der Waals surface area contributed by atoms with E-state index < -0.39 is 8.40 Å². The number of nitrogens with zero attached hydrogens (tertiary/aromatic N) is 3. The van der Waals surface area contributed by atoms with Crippen LogP contribution in [-0.4, -0.2) is 50.0 Å². The number of rotatable bonds is 5. The third kappa shape index (κ3) is 5.65. The summed E-state index contributed by atoms with van der Waals surface area (Å²) in [5, 5.41) is 5.62. The lowest BCUT2D eigenvalue weighted by atomic mass is 10.4. The highest BCUT2D eigenvalue weighted by atomic mass is 28.3. The summed E-state index contributed by atoms with van der Waals surface area (Å²) in [5.41, 5.74) is 0. The fourth-order valence-corrected chi connectivity index (χ4v) is 5.82. The first kappa shape index (κ1) is 16.6. The summed E-state index contributed by atoms with van der Waals surface area (Å²) in [4.78, 5) is 4.69. The van der Waals surface area contributed by atoms with Crippen molar-refractivity contribution >= 4 is 14.2 Å². The van der Waals surface area contributed by atoms with Gasteiger partial charge in [0, 0.05) is 26.2 Å². The minimum absolute atomic E-state index is 0.348. The largest absolute Gasteiger partial charge is 0.371 e. The zero-order chi connectivity index (χ0) is 13.8. The summed E-state index contributed by atoms with van der Waals surface area (Å²) in [6, 6.07) is 0.812. The highest BCUT2D eigenvalue weighted by molar-refractivity contribution is 6.74. The number of nitrogens with one attached hydrogen (secondary N) is 1. The van der Waals surface area contributed by atoms with Gasteiger partial charge in [-0.3, -0.25) is 15.1 Å². The van der Waals surface area contributed by atoms with E-state index in [4.69, 9.17) is 4.99 Å². The molecule has 0 bridgehead atoms. The average Bonchev–Trinajstić information content (AvgIpc) is 1.95. The highest BCUT2D eigenvalue weighted by Crippen LogP contribution is 2.13. The molecule has 0 aliphatic carbocycles. The Balaban J connectivity index is 5.09. The van der Waals surface area contributed by atoms with Crippen molar-refractivity contribution in [3.8, 4) is 0 Å². The van der Waals surface area contributed by atoms with Crippen LogP contribution in [0, 0.1) is 0 Å². The standard InChI is InChI=1S/C12H30N4Si/c1-10(2)13-12(5)16(11(3)4)17(8,9)14-15(6)7/h10-11,14H,1-9H3. The molecule has 1 N–H and O–H groups in total. The van der Waals surface area contributed by atoms with Crippen molar-refractivity contribution in [2.24, 2.45) is 4.99 Å². The van der Waals surface area contributed by atoms with Crippen LogP contribution < -0.4 is 5.09 Å². The van der Waals surface area contributed by atoms with Crippen LogP contribution >= 0.6 is 0 Å². The van der Waals surface area contributed by atoms with E-state index in [9.17, 15) is 0 Å². The van der Waals surface area contributed by atoms with E-state index in [-0.39, 0.29) is 0 Å². The summed E-state index contributed by atoms with van der Waals surface area (Å²) in [6.07, 6.45) is 0. The van der Waals surface area contributed by atoms with Gasteiger partial charge >= 0.3 is 0 Å². The second-order valence-electron chi connectivity index (χ2n) is 5.80. The van der Waals surface area contributed by atoms with Crippen molar-refractivity contribution in [2.75, 3.05) is 14.1 Å². The van der Waals surface area contributed by atoms with Crippen LogP contribution in [0.3, 0.4) is 0 Å². The molecule has 0 spiro atoms. The van der Waals surface area contributed by atoms with E-state index >= 15 is 0 Å². The van der Waals surface area contributed by atoms with E-state index in [1.807, 2.05) is 19.1 Å². The maximum absolute atomic E-state index is 4.69. The minimum Gasteiger partial charge on any atom is -0.371 e. The van der Waals surface area contributed by atoms with Gasteiger partial charge in [0.05, 0.1) is 5.84 Å². The lowest BCUT2D eigenvalue weighted by molar-refractivity contribution is 0.337. The molecular weight excluding hydrogens is 228 g/mol. The van der Waals surface area contributed by atoms with E-state index in [1.54, 1.807) is 0 Å². The Morgan fingerprint density at radius 3 is 1.88 bits per heavy atom. The lowest BCUT2D eigenvalue weighted by Crippen LogP contribution is -2.66. The number of hydrogen-bond donors (Lipinski definition) is 1. The molecular formula is C12H30N4Si. The van der Waals surface area contributed by atoms with Gasteiger partial charge in [0.2, 0.25) is 8.40 Å². The number of hydrazine groups is 1. The second-order valence-corrected chi connectivity index (χ2v) is 9.62. The minimum atomic E-state index is -1.71. The van der Waals surface area contributed by atoms with Crippen LogP contribution in [0.15, 0.2) is 4.99 Å². The number of aliphatic imine (C=N–C) groups is 1. The van der Waals surface area contributed by atoms with Crippen LogP contribution in [-0.2, 0) is 0 Å². The first-order chi connectivity index (χ1) is 7.58. The van der Waals surface area contributed by atoms with Crippen molar-refractivity contribution in [1.29, 1.82) is 0 Å². The maximum atomic E-state index is 4.69. The predicted octanol–water partition coefficient (Wildman–Crippen LogP) is 2.29. The Bertz CT molecular complexity index is 259. The molecule has 102 valence electrons. The highest BCUT2D eigenvalue weighted by Gasteiger charge is 2.33. The monoisotopic (exact) mass is 258 g/mol. The van der Waals surface area contributed by atoms with Crippen molar-refractivity contribution in [2.45, 2.75) is 59.8 Å². The zero-order valence-electron chi connectivity index (χ0n) is 13.0. The molecule has 5 heteroatoms. The molecule has 0 amide bonds. The van der Waals surface area contributed by atoms with Crippen molar-refractivity contribution in [3.63, 3.8) is 0 Å². The molecule has 0 fully saturated rings. The van der Waals surface area contributed by atoms with Crippen LogP contribution in [0.5, 0.6) is 0 Å². The van der Waals surface area contributed by atoms with Gasteiger partial charge in [0.15, 0.2) is 0 Å². The fourth-order valence-electron chi connectivity index (χ4n) is 2.46. The molecule has 0 saturated carbocycles. The second kappa shape index (κ2) is 6.52. The van der Waals surface area contributed by atoms with Gasteiger partial charge < -0.3 is 4.57 Å². The molecule has 17 heavy (non-hydrogen) atoms. The molecule has 0 aromatic heterocycles. The van der Waals surface area contributed by atoms with Crippen molar-refractivity contribution in [3.05, 3.63) is 0 Å². The van der Waals surface area contributed by atoms with Gasteiger partial charge in [-0.05, 0) is 47.7 Å². The lowest BCUT2D eigenvalue weighted by Gasteiger charge is -2.43. The Hall–Kier alpha value is -0.393. The van der Waals surface area contributed by atoms with Crippen LogP contribution in [0.4, 0.5) is 0 Å². The van der Waals surface area contributed by atoms with E-state index in [0.717, 1.165) is 5.84 Å². The molecule has 0 aliphatic rings. The van der Waals surface area contributed by atoms with Crippen molar-refractivity contribution in [1.82, 2.24) is 14.7 Å². The number of amidine groups is 1. The van der Waals surface area contributed by atoms with Crippen LogP contribution in [0.1, 0.15) is 34.6 Å². The predicted molar refractivity (Wildman–Crippen MR) is 79.5 cm³/mol. The molecule has 0 aromatic carbocycles. The molecule has 0 unspecified atom stereocenters. The molecule has 0 aliphatic heterocycles. The van der Waals surface area contributed by atoms with Gasteiger partial charge in [0.1, 0.15) is 0 Å². The zero-order valence-corrected chi connectivity index (χ0v) is 14.0. The quantitative estimate of drug-likeness (QED) is 0.355. The van der Waals surface area contributed by atoms with E-state index in [1.165, 1.54) is 0 Å². The smallest absolute Gasteiger partial charge is 0.241 e. The molecule has 0 rings (SSSR count). The average molecular weight is 258 g/mol. The Kier molecular flexibility index (Phi) is 6.36. The third-order valence-electron chi connectivity index (χ3n) is 2.41. The summed E-state index contributed by atoms with van der Waals surface area (Å²) in [6.45, 7) is 15.4. The topological polar surface area (TPSA) is 30.9 Å². The molecule has 4 nitrogen and oxygen atoms in total. The molecule has 0 heterocycles. The Labute approximate surface area is 108 Å². The summed E-state index contributed by atoms with van der Waals surface area (Å²) in [5.74, 6) is 1.14. The maximum Gasteiger partial charge on any atom is 0.241 e. The van der Waals surface area contributed by atoms with Gasteiger partial charge in [-0.15, -0.1) is 0 Å². The van der Waals surface area contributed by atoms with Crippen molar-refractivity contribution < 1.29 is 0 Å². The SMILES string of the molecule is CC(=NC(C)C)N(C(C)C)[Si](C)(C)NN(C)C. The number of hydrogen-bond acceptors (Lipinski definition) is 3. The van der Waals surface area contributed by atoms with Gasteiger partial charge in [0.25, 0.3) is 0 Å². The molecule has 0 saturated heterocycles. The first-order valence-electron chi connectivity index (χ1n) is 6.36. The summed E-state index contributed by atoms with van der Waals surface area (Å²) >= 11 is 0. The summed E-state index contributed by atoms with van der Waals surface area (Å²) < 4.78 is 2.45. The van der Waals surface area contributed by atoms with E-state index in [0.29, 0.717) is 12.1 Å². The summed E-state index contributed by atoms with van der Waals surface area (Å²) in [7, 11) is 2.38. The molecule has 0 radical (unpaired) electrons. The normalized spacial score (nSPS) is 14.0. The van der Waals surface area contributed by atoms with Crippen LogP contribution in [0.25, 0.3) is 0 Å². The molecule has 0 atom stereocenters. The Morgan fingerprint density at radius 2 is 1.59 bits per heavy atom. The van der Waals surface area contributed by atoms with E-state index in [2.05, 4.69) is 57.4 Å². The third-order valence-corrected chi connectivity index (χ3v) is 5.45. The Morgan fingerprint density at radius 1 is 1.12 bits per heavy atom. The van der Waals surface area contributed by atoms with Gasteiger partial charge in [-0.2, -0.15) is 0 Å². The fraction of sp³-hybridized carbons (Fsp3) is 0.917. The van der Waals surface area contributed by atoms with Gasteiger partial charge in [-0.25, -0.2) is 0 Å². The molecule has 0 aromatic rings. The first-order valence-corrected chi connectivity index (χ1v) is 9.31.